The van der Waals surface area contributed by atoms with Crippen LogP contribution in [0.5, 0.6) is 5.75 Å². The van der Waals surface area contributed by atoms with Crippen molar-refractivity contribution in [2.24, 2.45) is 5.73 Å². The molecular weight excluding hydrogens is 493 g/mol. The standard InChI is InChI=1S/C30H19F3N2O3/c31-30(32,33)23-15-7-14-21-26(22(17-35-27(21)23)28(36)19-11-5-2-6-12-19)20-13-8-16-24(38-29(34)37)25(20)18-9-3-1-4-10-18/h1-17H,(H2,34,37). The molecule has 0 saturated carbocycles. The molecule has 5 rings (SSSR count). The van der Waals surface area contributed by atoms with Crippen LogP contribution in [0.2, 0.25) is 0 Å². The smallest absolute Gasteiger partial charge is 0.410 e. The minimum atomic E-state index is -4.67. The highest BCUT2D eigenvalue weighted by molar-refractivity contribution is 6.18. The average molecular weight is 512 g/mol. The van der Waals surface area contributed by atoms with E-state index in [1.165, 1.54) is 24.4 Å². The maximum Gasteiger partial charge on any atom is 0.418 e. The molecule has 0 spiro atoms. The highest BCUT2D eigenvalue weighted by atomic mass is 19.4. The summed E-state index contributed by atoms with van der Waals surface area (Å²) in [5.74, 6) is -0.330. The number of benzene rings is 4. The van der Waals surface area contributed by atoms with Gasteiger partial charge in [0.2, 0.25) is 0 Å². The summed E-state index contributed by atoms with van der Waals surface area (Å²) in [6.07, 6.45) is -4.56. The Kier molecular flexibility index (Phi) is 6.38. The number of rotatable bonds is 5. The molecule has 1 amide bonds. The van der Waals surface area contributed by atoms with Crippen molar-refractivity contribution in [2.75, 3.05) is 0 Å². The molecule has 0 radical (unpaired) electrons. The summed E-state index contributed by atoms with van der Waals surface area (Å²) >= 11 is 0. The van der Waals surface area contributed by atoms with Gasteiger partial charge in [0.1, 0.15) is 5.75 Å². The molecule has 38 heavy (non-hydrogen) atoms. The lowest BCUT2D eigenvalue weighted by molar-refractivity contribution is -0.136. The summed E-state index contributed by atoms with van der Waals surface area (Å²) in [6, 6.07) is 25.7. The zero-order valence-electron chi connectivity index (χ0n) is 19.7. The summed E-state index contributed by atoms with van der Waals surface area (Å²) in [7, 11) is 0. The van der Waals surface area contributed by atoms with Gasteiger partial charge in [-0.05, 0) is 23.3 Å². The van der Waals surface area contributed by atoms with Crippen LogP contribution in [0.4, 0.5) is 18.0 Å². The lowest BCUT2D eigenvalue weighted by atomic mass is 9.86. The van der Waals surface area contributed by atoms with Gasteiger partial charge in [0.25, 0.3) is 0 Å². The predicted octanol–water partition coefficient (Wildman–Crippen LogP) is 7.28. The molecule has 8 heteroatoms. The number of halogens is 3. The molecule has 5 aromatic rings. The molecule has 0 fully saturated rings. The van der Waals surface area contributed by atoms with E-state index < -0.39 is 23.6 Å². The maximum atomic E-state index is 13.9. The van der Waals surface area contributed by atoms with Gasteiger partial charge in [0.05, 0.1) is 11.1 Å². The second kappa shape index (κ2) is 9.82. The van der Waals surface area contributed by atoms with Gasteiger partial charge in [-0.2, -0.15) is 13.2 Å². The maximum absolute atomic E-state index is 13.9. The number of nitrogens with zero attached hydrogens (tertiary/aromatic N) is 1. The highest BCUT2D eigenvalue weighted by Gasteiger charge is 2.34. The van der Waals surface area contributed by atoms with Crippen LogP contribution in [0, 0.1) is 0 Å². The SMILES string of the molecule is NC(=O)Oc1cccc(-c2c(C(=O)c3ccccc3)cnc3c(C(F)(F)F)cccc23)c1-c1ccccc1. The number of nitrogens with two attached hydrogens (primary N) is 1. The fourth-order valence-corrected chi connectivity index (χ4v) is 4.49. The Morgan fingerprint density at radius 2 is 1.42 bits per heavy atom. The van der Waals surface area contributed by atoms with E-state index in [1.807, 2.05) is 0 Å². The number of carbonyl (C=O) groups is 2. The summed E-state index contributed by atoms with van der Waals surface area (Å²) in [5.41, 5.74) is 6.12. The number of hydrogen-bond donors (Lipinski definition) is 1. The van der Waals surface area contributed by atoms with E-state index in [4.69, 9.17) is 10.5 Å². The minimum Gasteiger partial charge on any atom is -0.410 e. The van der Waals surface area contributed by atoms with Crippen molar-refractivity contribution >= 4 is 22.8 Å². The third-order valence-electron chi connectivity index (χ3n) is 6.05. The van der Waals surface area contributed by atoms with E-state index in [2.05, 4.69) is 4.98 Å². The van der Waals surface area contributed by atoms with Gasteiger partial charge in [-0.15, -0.1) is 0 Å². The Morgan fingerprint density at radius 1 is 0.763 bits per heavy atom. The van der Waals surface area contributed by atoms with E-state index in [-0.39, 0.29) is 27.8 Å². The third-order valence-corrected chi connectivity index (χ3v) is 6.05. The molecule has 0 atom stereocenters. The number of fused-ring (bicyclic) bond motifs is 1. The molecule has 0 saturated heterocycles. The van der Waals surface area contributed by atoms with E-state index in [0.717, 1.165) is 6.07 Å². The summed E-state index contributed by atoms with van der Waals surface area (Å²) < 4.78 is 47.1. The van der Waals surface area contributed by atoms with Crippen LogP contribution >= 0.6 is 0 Å². The van der Waals surface area contributed by atoms with Gasteiger partial charge in [-0.1, -0.05) is 84.9 Å². The average Bonchev–Trinajstić information content (AvgIpc) is 2.91. The predicted molar refractivity (Wildman–Crippen MR) is 138 cm³/mol. The molecule has 5 nitrogen and oxygen atoms in total. The lowest BCUT2D eigenvalue weighted by Gasteiger charge is -2.19. The van der Waals surface area contributed by atoms with Crippen molar-refractivity contribution in [3.05, 3.63) is 120 Å². The molecule has 1 aromatic heterocycles. The zero-order valence-corrected chi connectivity index (χ0v) is 19.7. The molecular formula is C30H19F3N2O3. The van der Waals surface area contributed by atoms with Crippen LogP contribution in [0.3, 0.4) is 0 Å². The van der Waals surface area contributed by atoms with Crippen LogP contribution in [-0.2, 0) is 6.18 Å². The Hall–Kier alpha value is -4.98. The van der Waals surface area contributed by atoms with Crippen molar-refractivity contribution in [1.29, 1.82) is 0 Å². The largest absolute Gasteiger partial charge is 0.418 e. The Labute approximate surface area is 215 Å². The molecule has 0 aliphatic heterocycles. The van der Waals surface area contributed by atoms with Crippen LogP contribution in [0.1, 0.15) is 21.5 Å². The van der Waals surface area contributed by atoms with Crippen molar-refractivity contribution in [3.63, 3.8) is 0 Å². The van der Waals surface area contributed by atoms with Crippen LogP contribution in [0.15, 0.2) is 103 Å². The number of ether oxygens (including phenoxy) is 1. The van der Waals surface area contributed by atoms with Crippen LogP contribution in [-0.4, -0.2) is 16.9 Å². The van der Waals surface area contributed by atoms with Crippen molar-refractivity contribution in [2.45, 2.75) is 6.18 Å². The molecule has 188 valence electrons. The van der Waals surface area contributed by atoms with Gasteiger partial charge < -0.3 is 10.5 Å². The number of ketones is 1. The summed E-state index contributed by atoms with van der Waals surface area (Å²) in [4.78, 5) is 29.6. The lowest BCUT2D eigenvalue weighted by Crippen LogP contribution is -2.17. The zero-order chi connectivity index (χ0) is 26.9. The number of alkyl halides is 3. The Balaban J connectivity index is 1.92. The molecule has 0 aliphatic rings. The quantitative estimate of drug-likeness (QED) is 0.251. The first-order valence-electron chi connectivity index (χ1n) is 11.5. The first-order valence-corrected chi connectivity index (χ1v) is 11.5. The number of primary amides is 1. The monoisotopic (exact) mass is 512 g/mol. The normalized spacial score (nSPS) is 11.3. The van der Waals surface area contributed by atoms with E-state index in [9.17, 15) is 22.8 Å². The topological polar surface area (TPSA) is 82.3 Å². The second-order valence-corrected chi connectivity index (χ2v) is 8.41. The highest BCUT2D eigenvalue weighted by Crippen LogP contribution is 2.45. The molecule has 1 heterocycles. The molecule has 0 bridgehead atoms. The van der Waals surface area contributed by atoms with Gasteiger partial charge in [-0.25, -0.2) is 4.79 Å². The Morgan fingerprint density at radius 3 is 2.08 bits per heavy atom. The molecule has 4 aromatic carbocycles. The fourth-order valence-electron chi connectivity index (χ4n) is 4.49. The number of para-hydroxylation sites is 1. The van der Waals surface area contributed by atoms with Gasteiger partial charge in [-0.3, -0.25) is 9.78 Å². The fraction of sp³-hybridized carbons (Fsp3) is 0.0333. The number of pyridine rings is 1. The van der Waals surface area contributed by atoms with E-state index in [0.29, 0.717) is 22.3 Å². The van der Waals surface area contributed by atoms with Gasteiger partial charge >= 0.3 is 12.3 Å². The van der Waals surface area contributed by atoms with E-state index in [1.54, 1.807) is 72.8 Å². The second-order valence-electron chi connectivity index (χ2n) is 8.41. The number of aromatic nitrogens is 1. The number of amides is 1. The van der Waals surface area contributed by atoms with E-state index >= 15 is 0 Å². The van der Waals surface area contributed by atoms with Crippen LogP contribution < -0.4 is 10.5 Å². The van der Waals surface area contributed by atoms with Crippen molar-refractivity contribution < 1.29 is 27.5 Å². The molecule has 0 unspecified atom stereocenters. The van der Waals surface area contributed by atoms with Crippen molar-refractivity contribution in [3.8, 4) is 28.0 Å². The summed E-state index contributed by atoms with van der Waals surface area (Å²) in [6.45, 7) is 0. The molecule has 0 aliphatic carbocycles. The number of hydrogen-bond acceptors (Lipinski definition) is 4. The molecule has 2 N–H and O–H groups in total. The number of carbonyl (C=O) groups excluding carboxylic acids is 2. The first kappa shape index (κ1) is 24.7. The third kappa shape index (κ3) is 4.59. The first-order chi connectivity index (χ1) is 18.3. The minimum absolute atomic E-state index is 0.0937. The van der Waals surface area contributed by atoms with Crippen molar-refractivity contribution in [1.82, 2.24) is 4.98 Å². The summed E-state index contributed by atoms with van der Waals surface area (Å²) in [5, 5.41) is 0.120. The van der Waals surface area contributed by atoms with Gasteiger partial charge in [0.15, 0.2) is 5.78 Å². The van der Waals surface area contributed by atoms with Gasteiger partial charge in [0, 0.05) is 33.8 Å². The Bertz CT molecular complexity index is 1670. The van der Waals surface area contributed by atoms with Crippen LogP contribution in [0.25, 0.3) is 33.2 Å².